The Morgan fingerprint density at radius 3 is 2.47 bits per heavy atom. The van der Waals surface area contributed by atoms with E-state index in [1.165, 1.54) is 0 Å². The number of thioether (sulfide) groups is 1. The molecule has 1 N–H and O–H groups in total. The first-order chi connectivity index (χ1) is 14.3. The lowest BCUT2D eigenvalue weighted by Gasteiger charge is -2.29. The van der Waals surface area contributed by atoms with Gasteiger partial charge >= 0.3 is 0 Å². The van der Waals surface area contributed by atoms with Gasteiger partial charge in [0, 0.05) is 33.4 Å². The van der Waals surface area contributed by atoms with Crippen LogP contribution >= 0.6 is 39.3 Å². The average molecular weight is 512 g/mol. The van der Waals surface area contributed by atoms with Crippen LogP contribution in [0.15, 0.2) is 57.9 Å². The van der Waals surface area contributed by atoms with Gasteiger partial charge in [0.25, 0.3) is 0 Å². The molecule has 2 rings (SSSR count). The molecule has 30 heavy (non-hydrogen) atoms. The van der Waals surface area contributed by atoms with Crippen molar-refractivity contribution in [2.24, 2.45) is 0 Å². The molecule has 0 radical (unpaired) electrons. The minimum Gasteiger partial charge on any atom is -0.352 e. The Bertz CT molecular complexity index is 845. The summed E-state index contributed by atoms with van der Waals surface area (Å²) in [4.78, 5) is 28.4. The molecular weight excluding hydrogens is 484 g/mol. The molecule has 7 heteroatoms. The normalized spacial score (nSPS) is 11.9. The van der Waals surface area contributed by atoms with Crippen molar-refractivity contribution in [2.75, 3.05) is 5.75 Å². The molecule has 1 unspecified atom stereocenters. The van der Waals surface area contributed by atoms with E-state index in [1.54, 1.807) is 23.6 Å². The summed E-state index contributed by atoms with van der Waals surface area (Å²) in [7, 11) is 0. The highest BCUT2D eigenvalue weighted by Crippen LogP contribution is 2.22. The van der Waals surface area contributed by atoms with Crippen LogP contribution in [0.1, 0.15) is 39.2 Å². The maximum absolute atomic E-state index is 13.0. The topological polar surface area (TPSA) is 49.4 Å². The molecule has 1 atom stereocenters. The molecule has 0 heterocycles. The Balaban J connectivity index is 1.99. The molecule has 0 bridgehead atoms. The third kappa shape index (κ3) is 8.32. The fourth-order valence-corrected chi connectivity index (χ4v) is 4.33. The summed E-state index contributed by atoms with van der Waals surface area (Å²) in [6.45, 7) is 6.02. The van der Waals surface area contributed by atoms with Gasteiger partial charge in [-0.15, -0.1) is 11.8 Å². The minimum atomic E-state index is -0.539. The van der Waals surface area contributed by atoms with E-state index < -0.39 is 6.04 Å². The van der Waals surface area contributed by atoms with Crippen LogP contribution in [0.25, 0.3) is 0 Å². The summed E-state index contributed by atoms with van der Waals surface area (Å²) in [6, 6.07) is 15.0. The van der Waals surface area contributed by atoms with Crippen LogP contribution in [0.3, 0.4) is 0 Å². The van der Waals surface area contributed by atoms with Gasteiger partial charge in [-0.2, -0.15) is 0 Å². The van der Waals surface area contributed by atoms with Crippen LogP contribution in [0.5, 0.6) is 0 Å². The van der Waals surface area contributed by atoms with Crippen LogP contribution in [-0.2, 0) is 16.1 Å². The van der Waals surface area contributed by atoms with Crippen molar-refractivity contribution in [1.29, 1.82) is 0 Å². The maximum Gasteiger partial charge on any atom is 0.242 e. The van der Waals surface area contributed by atoms with Gasteiger partial charge < -0.3 is 10.2 Å². The van der Waals surface area contributed by atoms with Crippen molar-refractivity contribution in [3.63, 3.8) is 0 Å². The lowest BCUT2D eigenvalue weighted by atomic mass is 10.1. The molecule has 4 nitrogen and oxygen atoms in total. The predicted octanol–water partition coefficient (Wildman–Crippen LogP) is 5.92. The largest absolute Gasteiger partial charge is 0.352 e. The second kappa shape index (κ2) is 12.4. The van der Waals surface area contributed by atoms with Crippen molar-refractivity contribution >= 4 is 51.1 Å². The highest BCUT2D eigenvalue weighted by atomic mass is 79.9. The Morgan fingerprint density at radius 2 is 1.83 bits per heavy atom. The summed E-state index contributed by atoms with van der Waals surface area (Å²) >= 11 is 11.1. The van der Waals surface area contributed by atoms with Crippen LogP contribution < -0.4 is 5.32 Å². The van der Waals surface area contributed by atoms with E-state index in [2.05, 4.69) is 21.2 Å². The Morgan fingerprint density at radius 1 is 1.13 bits per heavy atom. The number of hydrogen-bond acceptors (Lipinski definition) is 3. The number of amides is 2. The second-order valence-corrected chi connectivity index (χ2v) is 9.92. The van der Waals surface area contributed by atoms with Gasteiger partial charge in [-0.3, -0.25) is 9.59 Å². The molecular formula is C23H28BrClN2O2S. The Labute approximate surface area is 196 Å². The van der Waals surface area contributed by atoms with E-state index in [9.17, 15) is 9.59 Å². The van der Waals surface area contributed by atoms with Crippen molar-refractivity contribution in [3.8, 4) is 0 Å². The number of benzene rings is 2. The van der Waals surface area contributed by atoms with Gasteiger partial charge in [-0.1, -0.05) is 39.7 Å². The molecule has 2 aromatic carbocycles. The van der Waals surface area contributed by atoms with E-state index >= 15 is 0 Å². The van der Waals surface area contributed by atoms with Gasteiger partial charge in [0.1, 0.15) is 6.04 Å². The van der Waals surface area contributed by atoms with Crippen LogP contribution in [0.4, 0.5) is 0 Å². The highest BCUT2D eigenvalue weighted by Gasteiger charge is 2.26. The van der Waals surface area contributed by atoms with E-state index in [0.717, 1.165) is 27.1 Å². The van der Waals surface area contributed by atoms with Crippen molar-refractivity contribution in [2.45, 2.75) is 57.1 Å². The molecule has 0 aromatic heterocycles. The number of nitrogens with zero attached hydrogens (tertiary/aromatic N) is 1. The fourth-order valence-electron chi connectivity index (χ4n) is 2.91. The lowest BCUT2D eigenvalue weighted by molar-refractivity contribution is -0.140. The Kier molecular flexibility index (Phi) is 10.2. The molecule has 162 valence electrons. The van der Waals surface area contributed by atoms with E-state index in [-0.39, 0.29) is 17.9 Å². The zero-order chi connectivity index (χ0) is 22.1. The molecule has 0 aliphatic rings. The molecule has 0 aliphatic heterocycles. The smallest absolute Gasteiger partial charge is 0.242 e. The average Bonchev–Trinajstić information content (AvgIpc) is 2.69. The lowest BCUT2D eigenvalue weighted by Crippen LogP contribution is -2.49. The molecule has 0 spiro atoms. The number of carbonyl (C=O) groups is 2. The van der Waals surface area contributed by atoms with Crippen molar-refractivity contribution in [3.05, 3.63) is 63.6 Å². The highest BCUT2D eigenvalue weighted by molar-refractivity contribution is 9.10. The molecule has 0 saturated heterocycles. The van der Waals surface area contributed by atoms with Crippen LogP contribution in [0, 0.1) is 0 Å². The summed E-state index contributed by atoms with van der Waals surface area (Å²) < 4.78 is 0.950. The van der Waals surface area contributed by atoms with Gasteiger partial charge in [-0.05, 0) is 74.9 Å². The van der Waals surface area contributed by atoms with Gasteiger partial charge in [0.15, 0.2) is 0 Å². The minimum absolute atomic E-state index is 0.0157. The third-order valence-electron chi connectivity index (χ3n) is 4.46. The number of rotatable bonds is 10. The maximum atomic E-state index is 13.0. The standard InChI is InChI=1S/C23H28BrClN2O2S/c1-16(2)26-23(29)17(3)27(15-18-6-4-7-19(24)14-18)22(28)8-5-13-30-21-11-9-20(25)10-12-21/h4,6-7,9-12,14,16-17H,5,8,13,15H2,1-3H3,(H,26,29). The monoisotopic (exact) mass is 510 g/mol. The van der Waals surface area contributed by atoms with Gasteiger partial charge in [-0.25, -0.2) is 0 Å². The molecule has 2 amide bonds. The zero-order valence-corrected chi connectivity index (χ0v) is 20.7. The second-order valence-electron chi connectivity index (χ2n) is 7.40. The Hall–Kier alpha value is -1.50. The number of carbonyl (C=O) groups excluding carboxylic acids is 2. The van der Waals surface area contributed by atoms with Crippen LogP contribution in [-0.4, -0.2) is 34.6 Å². The molecule has 0 saturated carbocycles. The number of hydrogen-bond donors (Lipinski definition) is 1. The SMILES string of the molecule is CC(C)NC(=O)C(C)N(Cc1cccc(Br)c1)C(=O)CCCSc1ccc(Cl)cc1. The van der Waals surface area contributed by atoms with E-state index in [1.807, 2.05) is 62.4 Å². The number of halogens is 2. The first-order valence-corrected chi connectivity index (χ1v) is 12.1. The van der Waals surface area contributed by atoms with Crippen LogP contribution in [0.2, 0.25) is 5.02 Å². The van der Waals surface area contributed by atoms with E-state index in [0.29, 0.717) is 18.0 Å². The molecule has 0 fully saturated rings. The van der Waals surface area contributed by atoms with Gasteiger partial charge in [0.05, 0.1) is 0 Å². The quantitative estimate of drug-likeness (QED) is 0.318. The molecule has 0 aliphatic carbocycles. The van der Waals surface area contributed by atoms with Crippen molar-refractivity contribution in [1.82, 2.24) is 10.2 Å². The fraction of sp³-hybridized carbons (Fsp3) is 0.391. The summed E-state index contributed by atoms with van der Waals surface area (Å²) in [6.07, 6.45) is 1.13. The first kappa shape index (κ1) is 24.8. The first-order valence-electron chi connectivity index (χ1n) is 9.99. The zero-order valence-electron chi connectivity index (χ0n) is 17.5. The summed E-state index contributed by atoms with van der Waals surface area (Å²) in [5, 5.41) is 3.63. The summed E-state index contributed by atoms with van der Waals surface area (Å²) in [5.41, 5.74) is 0.984. The van der Waals surface area contributed by atoms with E-state index in [4.69, 9.17) is 11.6 Å². The van der Waals surface area contributed by atoms with Gasteiger partial charge in [0.2, 0.25) is 11.8 Å². The predicted molar refractivity (Wildman–Crippen MR) is 129 cm³/mol. The molecule has 2 aromatic rings. The number of nitrogens with one attached hydrogen (secondary N) is 1. The van der Waals surface area contributed by atoms with Crippen molar-refractivity contribution < 1.29 is 9.59 Å². The third-order valence-corrected chi connectivity index (χ3v) is 6.30. The summed E-state index contributed by atoms with van der Waals surface area (Å²) in [5.74, 6) is 0.673.